The summed E-state index contributed by atoms with van der Waals surface area (Å²) in [6.45, 7) is 6.33. The average Bonchev–Trinajstić information content (AvgIpc) is 2.32. The molecule has 0 bridgehead atoms. The molecule has 0 saturated carbocycles. The van der Waals surface area contributed by atoms with Crippen LogP contribution in [0.5, 0.6) is 0 Å². The first kappa shape index (κ1) is 18.5. The maximum Gasteiger partial charge on any atom is 0.251 e. The molecule has 1 aromatic rings. The van der Waals surface area contributed by atoms with Crippen molar-refractivity contribution in [2.75, 3.05) is 6.54 Å². The van der Waals surface area contributed by atoms with Crippen LogP contribution in [0.15, 0.2) is 18.2 Å². The van der Waals surface area contributed by atoms with Gasteiger partial charge in [-0.2, -0.15) is 0 Å². The molecule has 3 N–H and O–H groups in total. The van der Waals surface area contributed by atoms with Crippen LogP contribution in [0.3, 0.4) is 0 Å². The molecule has 3 nitrogen and oxygen atoms in total. The Bertz CT molecular complexity index is 452. The van der Waals surface area contributed by atoms with E-state index in [4.69, 9.17) is 28.9 Å². The van der Waals surface area contributed by atoms with Crippen molar-refractivity contribution in [3.05, 3.63) is 33.8 Å². The lowest BCUT2D eigenvalue weighted by atomic mass is 9.88. The van der Waals surface area contributed by atoms with E-state index in [1.54, 1.807) is 18.2 Å². The largest absolute Gasteiger partial charge is 0.345 e. The molecular formula is C13H19Cl3N2O. The van der Waals surface area contributed by atoms with Gasteiger partial charge in [0.05, 0.1) is 15.6 Å². The number of rotatable bonds is 4. The molecule has 0 radical (unpaired) electrons. The molecule has 1 rings (SSSR count). The minimum Gasteiger partial charge on any atom is -0.345 e. The van der Waals surface area contributed by atoms with Crippen LogP contribution >= 0.6 is 35.6 Å². The first-order chi connectivity index (χ1) is 8.30. The van der Waals surface area contributed by atoms with Gasteiger partial charge in [0.2, 0.25) is 0 Å². The third-order valence-electron chi connectivity index (χ3n) is 3.28. The maximum absolute atomic E-state index is 12.1. The lowest BCUT2D eigenvalue weighted by molar-refractivity contribution is 0.0883. The van der Waals surface area contributed by atoms with Gasteiger partial charge in [-0.1, -0.05) is 37.0 Å². The van der Waals surface area contributed by atoms with E-state index in [1.807, 2.05) is 20.8 Å². The van der Waals surface area contributed by atoms with Gasteiger partial charge < -0.3 is 11.1 Å². The van der Waals surface area contributed by atoms with Crippen molar-refractivity contribution in [1.29, 1.82) is 0 Å². The molecular weight excluding hydrogens is 307 g/mol. The summed E-state index contributed by atoms with van der Waals surface area (Å²) in [6, 6.07) is 4.80. The molecule has 0 aliphatic rings. The third-order valence-corrected chi connectivity index (χ3v) is 4.02. The van der Waals surface area contributed by atoms with Gasteiger partial charge >= 0.3 is 0 Å². The van der Waals surface area contributed by atoms with E-state index in [0.717, 1.165) is 0 Å². The predicted molar refractivity (Wildman–Crippen MR) is 83.5 cm³/mol. The summed E-state index contributed by atoms with van der Waals surface area (Å²) < 4.78 is 0. The van der Waals surface area contributed by atoms with Gasteiger partial charge in [0.25, 0.3) is 5.91 Å². The molecule has 1 aromatic carbocycles. The van der Waals surface area contributed by atoms with Gasteiger partial charge in [-0.3, -0.25) is 4.79 Å². The van der Waals surface area contributed by atoms with Crippen LogP contribution in [-0.4, -0.2) is 18.0 Å². The lowest BCUT2D eigenvalue weighted by Gasteiger charge is -2.33. The number of halogens is 3. The van der Waals surface area contributed by atoms with Crippen LogP contribution in [0.25, 0.3) is 0 Å². The van der Waals surface area contributed by atoms with Gasteiger partial charge in [-0.05, 0) is 31.0 Å². The second-order valence-electron chi connectivity index (χ2n) is 4.86. The Morgan fingerprint density at radius 1 is 1.37 bits per heavy atom. The highest BCUT2D eigenvalue weighted by Crippen LogP contribution is 2.23. The topological polar surface area (TPSA) is 55.1 Å². The summed E-state index contributed by atoms with van der Waals surface area (Å²) >= 11 is 11.7. The van der Waals surface area contributed by atoms with Crippen molar-refractivity contribution >= 4 is 41.5 Å². The highest BCUT2D eigenvalue weighted by atomic mass is 35.5. The molecule has 1 atom stereocenters. The molecule has 0 heterocycles. The second kappa shape index (κ2) is 7.34. The SMILES string of the molecule is CC(C)C(C)(CN)NC(=O)c1ccc(Cl)c(Cl)c1.Cl. The minimum atomic E-state index is -0.441. The Balaban J connectivity index is 0.00000324. The Morgan fingerprint density at radius 3 is 2.37 bits per heavy atom. The summed E-state index contributed by atoms with van der Waals surface area (Å²) in [7, 11) is 0. The van der Waals surface area contributed by atoms with Crippen LogP contribution in [0, 0.1) is 5.92 Å². The monoisotopic (exact) mass is 324 g/mol. The number of benzene rings is 1. The van der Waals surface area contributed by atoms with Crippen molar-refractivity contribution in [3.63, 3.8) is 0 Å². The Kier molecular flexibility index (Phi) is 7.16. The minimum absolute atomic E-state index is 0. The van der Waals surface area contributed by atoms with Crippen LogP contribution in [0.2, 0.25) is 10.0 Å². The fourth-order valence-electron chi connectivity index (χ4n) is 1.40. The summed E-state index contributed by atoms with van der Waals surface area (Å²) in [5.74, 6) is 0.0319. The molecule has 108 valence electrons. The van der Waals surface area contributed by atoms with Crippen LogP contribution in [0.4, 0.5) is 0 Å². The zero-order valence-corrected chi connectivity index (χ0v) is 13.5. The highest BCUT2D eigenvalue weighted by molar-refractivity contribution is 6.42. The molecule has 0 aliphatic carbocycles. The number of amides is 1. The smallest absolute Gasteiger partial charge is 0.251 e. The quantitative estimate of drug-likeness (QED) is 0.890. The molecule has 0 aliphatic heterocycles. The van der Waals surface area contributed by atoms with E-state index in [9.17, 15) is 4.79 Å². The van der Waals surface area contributed by atoms with Gasteiger partial charge in [0.1, 0.15) is 0 Å². The molecule has 0 aromatic heterocycles. The summed E-state index contributed by atoms with van der Waals surface area (Å²) in [4.78, 5) is 12.1. The van der Waals surface area contributed by atoms with E-state index in [1.165, 1.54) is 0 Å². The molecule has 0 fully saturated rings. The fraction of sp³-hybridized carbons (Fsp3) is 0.462. The van der Waals surface area contributed by atoms with Gasteiger partial charge in [-0.15, -0.1) is 12.4 Å². The maximum atomic E-state index is 12.1. The zero-order valence-electron chi connectivity index (χ0n) is 11.2. The Morgan fingerprint density at radius 2 is 1.95 bits per heavy atom. The summed E-state index contributed by atoms with van der Waals surface area (Å²) in [5.41, 5.74) is 5.76. The number of nitrogens with one attached hydrogen (secondary N) is 1. The number of carbonyl (C=O) groups excluding carboxylic acids is 1. The number of hydrogen-bond donors (Lipinski definition) is 2. The first-order valence-electron chi connectivity index (χ1n) is 5.78. The zero-order chi connectivity index (χ0) is 13.9. The van der Waals surface area contributed by atoms with Crippen molar-refractivity contribution in [2.45, 2.75) is 26.3 Å². The molecule has 0 saturated heterocycles. The van der Waals surface area contributed by atoms with E-state index in [-0.39, 0.29) is 24.2 Å². The first-order valence-corrected chi connectivity index (χ1v) is 6.53. The van der Waals surface area contributed by atoms with E-state index in [0.29, 0.717) is 22.2 Å². The third kappa shape index (κ3) is 4.53. The summed E-state index contributed by atoms with van der Waals surface area (Å²) in [5, 5.41) is 3.73. The van der Waals surface area contributed by atoms with Crippen molar-refractivity contribution in [3.8, 4) is 0 Å². The van der Waals surface area contributed by atoms with Crippen molar-refractivity contribution in [2.24, 2.45) is 11.7 Å². The highest BCUT2D eigenvalue weighted by Gasteiger charge is 2.28. The van der Waals surface area contributed by atoms with Crippen LogP contribution in [0.1, 0.15) is 31.1 Å². The summed E-state index contributed by atoms with van der Waals surface area (Å²) in [6.07, 6.45) is 0. The molecule has 0 spiro atoms. The van der Waals surface area contributed by atoms with Crippen molar-refractivity contribution < 1.29 is 4.79 Å². The van der Waals surface area contributed by atoms with Crippen LogP contribution < -0.4 is 11.1 Å². The number of hydrogen-bond acceptors (Lipinski definition) is 2. The van der Waals surface area contributed by atoms with Crippen LogP contribution in [-0.2, 0) is 0 Å². The predicted octanol–water partition coefficient (Wildman–Crippen LogP) is 3.52. The molecule has 1 amide bonds. The normalized spacial score (nSPS) is 13.6. The van der Waals surface area contributed by atoms with E-state index in [2.05, 4.69) is 5.32 Å². The fourth-order valence-corrected chi connectivity index (χ4v) is 1.70. The van der Waals surface area contributed by atoms with Gasteiger partial charge in [0, 0.05) is 12.1 Å². The average molecular weight is 326 g/mol. The Labute approximate surface area is 130 Å². The molecule has 19 heavy (non-hydrogen) atoms. The van der Waals surface area contributed by atoms with Gasteiger partial charge in [0.15, 0.2) is 0 Å². The number of carbonyl (C=O) groups is 1. The molecule has 6 heteroatoms. The Hall–Kier alpha value is -0.480. The lowest BCUT2D eigenvalue weighted by Crippen LogP contribution is -2.55. The van der Waals surface area contributed by atoms with E-state index < -0.39 is 5.54 Å². The molecule has 1 unspecified atom stereocenters. The van der Waals surface area contributed by atoms with Crippen molar-refractivity contribution in [1.82, 2.24) is 5.32 Å². The second-order valence-corrected chi connectivity index (χ2v) is 5.67. The standard InChI is InChI=1S/C13H18Cl2N2O.ClH/c1-8(2)13(3,7-16)17-12(18)9-4-5-10(14)11(15)6-9;/h4-6,8H,7,16H2,1-3H3,(H,17,18);1H. The van der Waals surface area contributed by atoms with E-state index >= 15 is 0 Å². The van der Waals surface area contributed by atoms with Gasteiger partial charge in [-0.25, -0.2) is 0 Å². The number of nitrogens with two attached hydrogens (primary N) is 1.